The van der Waals surface area contributed by atoms with Crippen molar-refractivity contribution < 1.29 is 5.11 Å². The lowest BCUT2D eigenvalue weighted by Gasteiger charge is -2.25. The van der Waals surface area contributed by atoms with E-state index in [0.29, 0.717) is 17.5 Å². The maximum atomic E-state index is 9.53. The number of nitrogens with zero attached hydrogens (tertiary/aromatic N) is 3. The van der Waals surface area contributed by atoms with E-state index < -0.39 is 0 Å². The van der Waals surface area contributed by atoms with E-state index in [9.17, 15) is 5.11 Å². The van der Waals surface area contributed by atoms with Gasteiger partial charge in [-0.05, 0) is 31.6 Å². The normalized spacial score (nSPS) is 22.9. The molecule has 1 aliphatic carbocycles. The van der Waals surface area contributed by atoms with Crippen molar-refractivity contribution in [2.45, 2.75) is 31.8 Å². The highest BCUT2D eigenvalue weighted by Gasteiger charge is 2.19. The number of hydrogen-bond donors (Lipinski definition) is 4. The van der Waals surface area contributed by atoms with Gasteiger partial charge in [0.15, 0.2) is 11.5 Å². The summed E-state index contributed by atoms with van der Waals surface area (Å²) in [6, 6.07) is 0. The van der Waals surface area contributed by atoms with E-state index in [0.717, 1.165) is 43.6 Å². The zero-order chi connectivity index (χ0) is 13.9. The molecule has 108 valence electrons. The van der Waals surface area contributed by atoms with Crippen LogP contribution in [0.3, 0.4) is 0 Å². The summed E-state index contributed by atoms with van der Waals surface area (Å²) in [6.45, 7) is 0.862. The van der Waals surface area contributed by atoms with Gasteiger partial charge >= 0.3 is 0 Å². The van der Waals surface area contributed by atoms with Crippen LogP contribution >= 0.6 is 0 Å². The third-order valence-electron chi connectivity index (χ3n) is 3.88. The molecular weight excluding hydrogens is 256 g/mol. The van der Waals surface area contributed by atoms with Crippen LogP contribution in [0.25, 0.3) is 11.2 Å². The second kappa shape index (κ2) is 5.62. The second-order valence-electron chi connectivity index (χ2n) is 5.30. The molecule has 0 aromatic carbocycles. The van der Waals surface area contributed by atoms with Crippen LogP contribution in [0, 0.1) is 5.92 Å². The molecule has 20 heavy (non-hydrogen) atoms. The van der Waals surface area contributed by atoms with Gasteiger partial charge in [-0.3, -0.25) is 0 Å². The van der Waals surface area contributed by atoms with Crippen LogP contribution in [0.15, 0.2) is 6.33 Å². The summed E-state index contributed by atoms with van der Waals surface area (Å²) >= 11 is 0. The summed E-state index contributed by atoms with van der Waals surface area (Å²) in [5.74, 6) is 1.93. The number of fused-ring (bicyclic) bond motifs is 1. The summed E-state index contributed by atoms with van der Waals surface area (Å²) < 4.78 is 0. The fourth-order valence-electron chi connectivity index (χ4n) is 2.66. The van der Waals surface area contributed by atoms with Gasteiger partial charge in [-0.2, -0.15) is 9.97 Å². The predicted octanol–water partition coefficient (Wildman–Crippen LogP) is 1.36. The van der Waals surface area contributed by atoms with Gasteiger partial charge in [-0.1, -0.05) is 0 Å². The van der Waals surface area contributed by atoms with Gasteiger partial charge < -0.3 is 20.7 Å². The summed E-state index contributed by atoms with van der Waals surface area (Å²) in [7, 11) is 1.79. The third-order valence-corrected chi connectivity index (χ3v) is 3.88. The Morgan fingerprint density at radius 3 is 2.85 bits per heavy atom. The van der Waals surface area contributed by atoms with Gasteiger partial charge in [0.25, 0.3) is 0 Å². The average Bonchev–Trinajstić information content (AvgIpc) is 2.94. The van der Waals surface area contributed by atoms with E-state index in [1.54, 1.807) is 13.4 Å². The number of anilines is 2. The Labute approximate surface area is 117 Å². The van der Waals surface area contributed by atoms with Gasteiger partial charge in [0.2, 0.25) is 5.95 Å². The lowest BCUT2D eigenvalue weighted by Crippen LogP contribution is -2.24. The quantitative estimate of drug-likeness (QED) is 0.673. The van der Waals surface area contributed by atoms with Gasteiger partial charge in [0, 0.05) is 13.6 Å². The Balaban J connectivity index is 1.71. The Morgan fingerprint density at radius 2 is 2.10 bits per heavy atom. The van der Waals surface area contributed by atoms with Crippen LogP contribution in [0.2, 0.25) is 0 Å². The zero-order valence-corrected chi connectivity index (χ0v) is 11.6. The van der Waals surface area contributed by atoms with Crippen LogP contribution in [-0.4, -0.2) is 44.7 Å². The molecule has 7 heteroatoms. The fraction of sp³-hybridized carbons (Fsp3) is 0.615. The second-order valence-corrected chi connectivity index (χ2v) is 5.30. The minimum atomic E-state index is -0.111. The van der Waals surface area contributed by atoms with Crippen molar-refractivity contribution in [1.82, 2.24) is 19.9 Å². The number of aromatic nitrogens is 4. The first-order chi connectivity index (χ1) is 9.76. The molecular formula is C13H20N6O. The van der Waals surface area contributed by atoms with Crippen molar-refractivity contribution in [1.29, 1.82) is 0 Å². The number of aliphatic hydroxyl groups excluding tert-OH is 1. The fourth-order valence-corrected chi connectivity index (χ4v) is 2.66. The Morgan fingerprint density at radius 1 is 1.30 bits per heavy atom. The van der Waals surface area contributed by atoms with Crippen molar-refractivity contribution >= 4 is 22.9 Å². The number of H-pyrrole nitrogens is 1. The standard InChI is InChI=1S/C13H20N6O/c1-14-13-18-11(10-12(19-13)17-7-16-10)15-6-8-2-4-9(20)5-3-8/h7-9,20H,2-6H2,1H3,(H3,14,15,16,17,18,19). The largest absolute Gasteiger partial charge is 0.393 e. The first kappa shape index (κ1) is 13.1. The Bertz CT molecular complexity index is 575. The minimum absolute atomic E-state index is 0.111. The molecule has 2 heterocycles. The van der Waals surface area contributed by atoms with Gasteiger partial charge in [0.1, 0.15) is 5.52 Å². The summed E-state index contributed by atoms with van der Waals surface area (Å²) in [5, 5.41) is 15.9. The molecule has 2 aromatic heterocycles. The van der Waals surface area contributed by atoms with Crippen molar-refractivity contribution in [2.24, 2.45) is 5.92 Å². The molecule has 4 N–H and O–H groups in total. The van der Waals surface area contributed by atoms with Crippen LogP contribution in [0.4, 0.5) is 11.8 Å². The van der Waals surface area contributed by atoms with E-state index in [1.807, 2.05) is 0 Å². The topological polar surface area (TPSA) is 98.8 Å². The smallest absolute Gasteiger partial charge is 0.226 e. The number of aromatic amines is 1. The Hall–Kier alpha value is -1.89. The molecule has 0 unspecified atom stereocenters. The monoisotopic (exact) mass is 276 g/mol. The maximum absolute atomic E-state index is 9.53. The van der Waals surface area contributed by atoms with Gasteiger partial charge in [-0.15, -0.1) is 0 Å². The maximum Gasteiger partial charge on any atom is 0.226 e. The number of aliphatic hydroxyl groups is 1. The number of imidazole rings is 1. The van der Waals surface area contributed by atoms with E-state index >= 15 is 0 Å². The molecule has 0 bridgehead atoms. The van der Waals surface area contributed by atoms with Crippen LogP contribution in [0.5, 0.6) is 0 Å². The summed E-state index contributed by atoms with van der Waals surface area (Å²) in [4.78, 5) is 16.0. The summed E-state index contributed by atoms with van der Waals surface area (Å²) in [5.41, 5.74) is 1.49. The molecule has 1 saturated carbocycles. The van der Waals surface area contributed by atoms with Crippen molar-refractivity contribution in [3.8, 4) is 0 Å². The Kier molecular flexibility index (Phi) is 3.68. The SMILES string of the molecule is CNc1nc(NCC2CCC(O)CC2)c2[nH]cnc2n1. The first-order valence-corrected chi connectivity index (χ1v) is 7.07. The van der Waals surface area contributed by atoms with Crippen molar-refractivity contribution in [2.75, 3.05) is 24.2 Å². The first-order valence-electron chi connectivity index (χ1n) is 7.07. The van der Waals surface area contributed by atoms with Gasteiger partial charge in [0.05, 0.1) is 12.4 Å². The molecule has 0 spiro atoms. The highest BCUT2D eigenvalue weighted by atomic mass is 16.3. The summed E-state index contributed by atoms with van der Waals surface area (Å²) in [6.07, 6.45) is 5.44. The van der Waals surface area contributed by atoms with Gasteiger partial charge in [-0.25, -0.2) is 4.98 Å². The number of hydrogen-bond acceptors (Lipinski definition) is 6. The molecule has 0 radical (unpaired) electrons. The van der Waals surface area contributed by atoms with E-state index in [-0.39, 0.29) is 6.10 Å². The molecule has 7 nitrogen and oxygen atoms in total. The molecule has 1 aliphatic rings. The van der Waals surface area contributed by atoms with E-state index in [2.05, 4.69) is 30.6 Å². The molecule has 0 atom stereocenters. The highest BCUT2D eigenvalue weighted by molar-refractivity contribution is 5.83. The highest BCUT2D eigenvalue weighted by Crippen LogP contribution is 2.25. The molecule has 3 rings (SSSR count). The lowest BCUT2D eigenvalue weighted by atomic mass is 9.87. The predicted molar refractivity (Wildman–Crippen MR) is 77.7 cm³/mol. The third kappa shape index (κ3) is 2.67. The number of nitrogens with one attached hydrogen (secondary N) is 3. The van der Waals surface area contributed by atoms with Crippen LogP contribution < -0.4 is 10.6 Å². The van der Waals surface area contributed by atoms with E-state index in [4.69, 9.17) is 0 Å². The molecule has 0 aliphatic heterocycles. The van der Waals surface area contributed by atoms with Crippen LogP contribution in [-0.2, 0) is 0 Å². The minimum Gasteiger partial charge on any atom is -0.393 e. The van der Waals surface area contributed by atoms with Crippen molar-refractivity contribution in [3.63, 3.8) is 0 Å². The zero-order valence-electron chi connectivity index (χ0n) is 11.6. The molecule has 1 fully saturated rings. The van der Waals surface area contributed by atoms with Crippen molar-refractivity contribution in [3.05, 3.63) is 6.33 Å². The number of rotatable bonds is 4. The molecule has 0 saturated heterocycles. The molecule has 2 aromatic rings. The average molecular weight is 276 g/mol. The van der Waals surface area contributed by atoms with E-state index in [1.165, 1.54) is 0 Å². The lowest BCUT2D eigenvalue weighted by molar-refractivity contribution is 0.111. The van der Waals surface area contributed by atoms with Crippen LogP contribution in [0.1, 0.15) is 25.7 Å². The molecule has 0 amide bonds.